The smallest absolute Gasteiger partial charge is 0.339 e. The Morgan fingerprint density at radius 3 is 2.32 bits per heavy atom. The Morgan fingerprint density at radius 2 is 1.68 bits per heavy atom. The molecule has 0 bridgehead atoms. The Labute approximate surface area is 201 Å². The minimum Gasteiger partial charge on any atom is -0.508 e. The maximum atomic E-state index is 12.7. The zero-order valence-corrected chi connectivity index (χ0v) is 20.5. The molecule has 1 aromatic heterocycles. The van der Waals surface area contributed by atoms with Crippen LogP contribution in [0.25, 0.3) is 27.8 Å². The van der Waals surface area contributed by atoms with Crippen molar-refractivity contribution >= 4 is 22.6 Å². The van der Waals surface area contributed by atoms with Crippen molar-refractivity contribution in [1.29, 1.82) is 0 Å². The van der Waals surface area contributed by atoms with Crippen molar-refractivity contribution in [2.24, 2.45) is 0 Å². The summed E-state index contributed by atoms with van der Waals surface area (Å²) in [5, 5.41) is 10.9. The fourth-order valence-corrected chi connectivity index (χ4v) is 4.25. The molecule has 0 saturated carbocycles. The quantitative estimate of drug-likeness (QED) is 0.252. The molecule has 34 heavy (non-hydrogen) atoms. The number of aryl methyl sites for hydroxylation is 1. The van der Waals surface area contributed by atoms with Gasteiger partial charge in [-0.25, -0.2) is 4.79 Å². The van der Waals surface area contributed by atoms with E-state index in [0.29, 0.717) is 5.56 Å². The van der Waals surface area contributed by atoms with Crippen molar-refractivity contribution in [1.82, 2.24) is 4.57 Å². The second-order valence-electron chi connectivity index (χ2n) is 9.72. The molecule has 1 heterocycles. The highest BCUT2D eigenvalue weighted by atomic mass is 16.6. The van der Waals surface area contributed by atoms with Gasteiger partial charge < -0.3 is 14.4 Å². The van der Waals surface area contributed by atoms with Gasteiger partial charge in [0.05, 0.1) is 5.56 Å². The van der Waals surface area contributed by atoms with Crippen LogP contribution in [-0.4, -0.2) is 21.2 Å². The van der Waals surface area contributed by atoms with Gasteiger partial charge in [0.15, 0.2) is 0 Å². The summed E-state index contributed by atoms with van der Waals surface area (Å²) >= 11 is 0. The lowest BCUT2D eigenvalue weighted by atomic mass is 9.98. The Hall–Kier alpha value is -3.79. The Morgan fingerprint density at radius 1 is 1.00 bits per heavy atom. The number of hydrogen-bond acceptors (Lipinski definition) is 3. The molecule has 0 aliphatic rings. The zero-order valence-electron chi connectivity index (χ0n) is 20.5. The third kappa shape index (κ3) is 4.62. The molecule has 4 rings (SSSR count). The number of aliphatic hydroxyl groups is 1. The fourth-order valence-electron chi connectivity index (χ4n) is 4.25. The predicted octanol–water partition coefficient (Wildman–Crippen LogP) is 7.46. The number of carbonyl (C=O) groups excluding carboxylic acids is 1. The molecular weight excluding hydrogens is 422 g/mol. The Balaban J connectivity index is 1.64. The summed E-state index contributed by atoms with van der Waals surface area (Å²) in [7, 11) is 0. The molecule has 0 aliphatic heterocycles. The van der Waals surface area contributed by atoms with Crippen LogP contribution in [0.3, 0.4) is 0 Å². The molecule has 0 saturated heterocycles. The van der Waals surface area contributed by atoms with Gasteiger partial charge in [0.2, 0.25) is 0 Å². The van der Waals surface area contributed by atoms with Crippen LogP contribution in [0, 0.1) is 13.8 Å². The van der Waals surface area contributed by atoms with Gasteiger partial charge in [0.25, 0.3) is 0 Å². The normalized spacial score (nSPS) is 11.6. The summed E-state index contributed by atoms with van der Waals surface area (Å²) < 4.78 is 7.89. The number of hydrogen-bond donors (Lipinski definition) is 1. The van der Waals surface area contributed by atoms with Crippen molar-refractivity contribution in [3.8, 4) is 11.1 Å². The minimum atomic E-state index is -0.547. The molecule has 0 radical (unpaired) electrons. The molecule has 0 spiro atoms. The standard InChI is InChI=1S/C30H31NO3/c1-19-20(2)31(28-16-15-24(21(3)32)17-27(19)28)18-22-11-13-23(14-12-22)25-9-7-8-10-26(25)29(33)34-30(4,5)6/h7-17,32H,3,18H2,1-2,4-6H3. The first kappa shape index (κ1) is 23.4. The SMILES string of the molecule is C=C(O)c1ccc2c(c1)c(C)c(C)n2Cc1ccc(-c2ccccc2C(=O)OC(C)(C)C)cc1. The van der Waals surface area contributed by atoms with Crippen LogP contribution in [0.2, 0.25) is 0 Å². The molecule has 0 unspecified atom stereocenters. The van der Waals surface area contributed by atoms with Crippen molar-refractivity contribution in [2.75, 3.05) is 0 Å². The van der Waals surface area contributed by atoms with E-state index in [1.54, 1.807) is 0 Å². The predicted molar refractivity (Wildman–Crippen MR) is 139 cm³/mol. The van der Waals surface area contributed by atoms with Crippen molar-refractivity contribution < 1.29 is 14.6 Å². The zero-order chi connectivity index (χ0) is 24.6. The van der Waals surface area contributed by atoms with Gasteiger partial charge in [-0.2, -0.15) is 0 Å². The average molecular weight is 454 g/mol. The van der Waals surface area contributed by atoms with Gasteiger partial charge in [-0.15, -0.1) is 0 Å². The van der Waals surface area contributed by atoms with E-state index in [1.807, 2.05) is 63.2 Å². The van der Waals surface area contributed by atoms with Crippen LogP contribution in [0.4, 0.5) is 0 Å². The van der Waals surface area contributed by atoms with E-state index >= 15 is 0 Å². The lowest BCUT2D eigenvalue weighted by Crippen LogP contribution is -2.24. The van der Waals surface area contributed by atoms with E-state index < -0.39 is 5.60 Å². The summed E-state index contributed by atoms with van der Waals surface area (Å²) in [5.74, 6) is -0.240. The first-order valence-electron chi connectivity index (χ1n) is 11.4. The van der Waals surface area contributed by atoms with E-state index in [4.69, 9.17) is 4.74 Å². The second-order valence-corrected chi connectivity index (χ2v) is 9.72. The molecule has 1 N–H and O–H groups in total. The molecule has 3 aromatic carbocycles. The summed E-state index contributed by atoms with van der Waals surface area (Å²) in [5.41, 5.74) is 7.26. The molecule has 0 fully saturated rings. The van der Waals surface area contributed by atoms with Crippen LogP contribution < -0.4 is 0 Å². The van der Waals surface area contributed by atoms with Crippen LogP contribution >= 0.6 is 0 Å². The first-order valence-corrected chi connectivity index (χ1v) is 11.4. The maximum absolute atomic E-state index is 12.7. The van der Waals surface area contributed by atoms with Gasteiger partial charge in [-0.3, -0.25) is 0 Å². The molecule has 0 amide bonds. The fraction of sp³-hybridized carbons (Fsp3) is 0.233. The lowest BCUT2D eigenvalue weighted by molar-refractivity contribution is 0.00704. The van der Waals surface area contributed by atoms with E-state index in [9.17, 15) is 9.90 Å². The molecule has 4 aromatic rings. The van der Waals surface area contributed by atoms with Crippen LogP contribution in [0.15, 0.2) is 73.3 Å². The first-order chi connectivity index (χ1) is 16.0. The summed E-state index contributed by atoms with van der Waals surface area (Å²) in [6.45, 7) is 14.2. The van der Waals surface area contributed by atoms with Gasteiger partial charge in [0.1, 0.15) is 11.4 Å². The molecule has 0 aliphatic carbocycles. The van der Waals surface area contributed by atoms with E-state index in [2.05, 4.69) is 49.3 Å². The number of aromatic nitrogens is 1. The number of fused-ring (bicyclic) bond motifs is 1. The summed E-state index contributed by atoms with van der Waals surface area (Å²) in [6.07, 6.45) is 0. The monoisotopic (exact) mass is 453 g/mol. The highest BCUT2D eigenvalue weighted by Crippen LogP contribution is 2.30. The topological polar surface area (TPSA) is 51.5 Å². The van der Waals surface area contributed by atoms with Crippen LogP contribution in [-0.2, 0) is 11.3 Å². The minimum absolute atomic E-state index is 0.0777. The summed E-state index contributed by atoms with van der Waals surface area (Å²) in [4.78, 5) is 12.7. The Kier molecular flexibility index (Phi) is 6.09. The number of esters is 1. The van der Waals surface area contributed by atoms with E-state index in [-0.39, 0.29) is 11.7 Å². The van der Waals surface area contributed by atoms with Crippen LogP contribution in [0.5, 0.6) is 0 Å². The number of ether oxygens (including phenoxy) is 1. The molecule has 174 valence electrons. The van der Waals surface area contributed by atoms with Gasteiger partial charge in [0, 0.05) is 28.7 Å². The molecule has 0 atom stereocenters. The third-order valence-electron chi connectivity index (χ3n) is 6.12. The molecule has 4 heteroatoms. The number of rotatable bonds is 5. The van der Waals surface area contributed by atoms with Gasteiger partial charge >= 0.3 is 5.97 Å². The average Bonchev–Trinajstić information content (AvgIpc) is 3.03. The number of carbonyl (C=O) groups is 1. The summed E-state index contributed by atoms with van der Waals surface area (Å²) in [6, 6.07) is 21.8. The molecular formula is C30H31NO3. The van der Waals surface area contributed by atoms with Crippen molar-refractivity contribution in [3.63, 3.8) is 0 Å². The largest absolute Gasteiger partial charge is 0.508 e. The highest BCUT2D eigenvalue weighted by Gasteiger charge is 2.20. The lowest BCUT2D eigenvalue weighted by Gasteiger charge is -2.20. The van der Waals surface area contributed by atoms with Crippen molar-refractivity contribution in [3.05, 3.63) is 101 Å². The van der Waals surface area contributed by atoms with E-state index in [0.717, 1.165) is 39.7 Å². The number of nitrogens with zero attached hydrogens (tertiary/aromatic N) is 1. The Bertz CT molecular complexity index is 1390. The molecule has 4 nitrogen and oxygen atoms in total. The number of aliphatic hydroxyl groups excluding tert-OH is 1. The van der Waals surface area contributed by atoms with E-state index in [1.165, 1.54) is 11.3 Å². The third-order valence-corrected chi connectivity index (χ3v) is 6.12. The van der Waals surface area contributed by atoms with Gasteiger partial charge in [-0.1, -0.05) is 49.0 Å². The van der Waals surface area contributed by atoms with Crippen LogP contribution in [0.1, 0.15) is 53.5 Å². The van der Waals surface area contributed by atoms with Crippen molar-refractivity contribution in [2.45, 2.75) is 46.8 Å². The highest BCUT2D eigenvalue weighted by molar-refractivity contribution is 5.97. The maximum Gasteiger partial charge on any atom is 0.339 e. The van der Waals surface area contributed by atoms with Gasteiger partial charge in [-0.05, 0) is 81.1 Å². The number of benzene rings is 3. The second kappa shape index (κ2) is 8.86.